The van der Waals surface area contributed by atoms with Crippen molar-refractivity contribution in [2.24, 2.45) is 5.92 Å². The molecule has 19 heavy (non-hydrogen) atoms. The molecule has 1 heterocycles. The Balaban J connectivity index is 2.05. The van der Waals surface area contributed by atoms with Gasteiger partial charge < -0.3 is 10.1 Å². The Morgan fingerprint density at radius 3 is 2.63 bits per heavy atom. The van der Waals surface area contributed by atoms with Gasteiger partial charge in [0.05, 0.1) is 17.3 Å². The highest BCUT2D eigenvalue weighted by Gasteiger charge is 2.22. The Hall–Kier alpha value is -1.07. The second-order valence-corrected chi connectivity index (χ2v) is 6.93. The van der Waals surface area contributed by atoms with E-state index in [9.17, 15) is 8.42 Å². The third kappa shape index (κ3) is 3.94. The van der Waals surface area contributed by atoms with Crippen LogP contribution in [-0.2, 0) is 9.84 Å². The van der Waals surface area contributed by atoms with E-state index in [-0.39, 0.29) is 11.7 Å². The van der Waals surface area contributed by atoms with Gasteiger partial charge in [0.15, 0.2) is 9.84 Å². The van der Waals surface area contributed by atoms with Crippen LogP contribution in [0.1, 0.15) is 19.8 Å². The first kappa shape index (κ1) is 14.3. The van der Waals surface area contributed by atoms with Crippen molar-refractivity contribution in [3.05, 3.63) is 24.3 Å². The predicted molar refractivity (Wildman–Crippen MR) is 75.3 cm³/mol. The summed E-state index contributed by atoms with van der Waals surface area (Å²) in [6, 6.07) is 6.71. The van der Waals surface area contributed by atoms with E-state index < -0.39 is 9.84 Å². The largest absolute Gasteiger partial charge is 0.494 e. The molecule has 1 fully saturated rings. The first-order valence-corrected chi connectivity index (χ1v) is 8.43. The van der Waals surface area contributed by atoms with Crippen molar-refractivity contribution in [2.75, 3.05) is 25.4 Å². The standard InChI is InChI=1S/C14H21NO3S/c1-2-18-13-5-7-14(8-6-13)19(16,17)11-12-4-3-9-15-10-12/h5-8,12,15H,2-4,9-11H2,1H3. The molecule has 0 bridgehead atoms. The predicted octanol–water partition coefficient (Wildman–Crippen LogP) is 1.86. The van der Waals surface area contributed by atoms with Crippen LogP contribution in [0, 0.1) is 5.92 Å². The normalized spacial score (nSPS) is 20.2. The minimum absolute atomic E-state index is 0.227. The maximum Gasteiger partial charge on any atom is 0.178 e. The average molecular weight is 283 g/mol. The molecule has 0 aliphatic carbocycles. The Morgan fingerprint density at radius 2 is 2.05 bits per heavy atom. The minimum Gasteiger partial charge on any atom is -0.494 e. The molecule has 1 aliphatic rings. The number of piperidine rings is 1. The van der Waals surface area contributed by atoms with E-state index in [4.69, 9.17) is 4.74 Å². The van der Waals surface area contributed by atoms with E-state index in [0.29, 0.717) is 17.3 Å². The molecule has 0 aromatic heterocycles. The van der Waals surface area contributed by atoms with Crippen LogP contribution >= 0.6 is 0 Å². The van der Waals surface area contributed by atoms with Crippen LogP contribution in [-0.4, -0.2) is 33.9 Å². The van der Waals surface area contributed by atoms with Crippen molar-refractivity contribution in [3.63, 3.8) is 0 Å². The lowest BCUT2D eigenvalue weighted by molar-refractivity contribution is 0.340. The van der Waals surface area contributed by atoms with Crippen molar-refractivity contribution in [2.45, 2.75) is 24.7 Å². The Kier molecular flexibility index (Phi) is 4.82. The van der Waals surface area contributed by atoms with Gasteiger partial charge in [0.1, 0.15) is 5.75 Å². The lowest BCUT2D eigenvalue weighted by Gasteiger charge is -2.22. The summed E-state index contributed by atoms with van der Waals surface area (Å²) in [5.41, 5.74) is 0. The molecule has 4 nitrogen and oxygen atoms in total. The Bertz CT molecular complexity index is 490. The van der Waals surface area contributed by atoms with E-state index >= 15 is 0 Å². The van der Waals surface area contributed by atoms with Gasteiger partial charge in [-0.1, -0.05) is 0 Å². The summed E-state index contributed by atoms with van der Waals surface area (Å²) in [7, 11) is -3.19. The van der Waals surface area contributed by atoms with Gasteiger partial charge in [0.25, 0.3) is 0 Å². The molecule has 0 saturated carbocycles. The van der Waals surface area contributed by atoms with Crippen molar-refractivity contribution >= 4 is 9.84 Å². The van der Waals surface area contributed by atoms with Crippen LogP contribution in [0.4, 0.5) is 0 Å². The monoisotopic (exact) mass is 283 g/mol. The van der Waals surface area contributed by atoms with Crippen molar-refractivity contribution in [1.82, 2.24) is 5.32 Å². The molecular formula is C14H21NO3S. The molecule has 1 aromatic rings. The number of ether oxygens (including phenoxy) is 1. The lowest BCUT2D eigenvalue weighted by atomic mass is 10.0. The van der Waals surface area contributed by atoms with Gasteiger partial charge in [0.2, 0.25) is 0 Å². The minimum atomic E-state index is -3.19. The zero-order valence-corrected chi connectivity index (χ0v) is 12.1. The zero-order valence-electron chi connectivity index (χ0n) is 11.3. The van der Waals surface area contributed by atoms with Gasteiger partial charge in [-0.15, -0.1) is 0 Å². The van der Waals surface area contributed by atoms with Crippen LogP contribution in [0.3, 0.4) is 0 Å². The molecule has 1 N–H and O–H groups in total. The van der Waals surface area contributed by atoms with Gasteiger partial charge in [-0.2, -0.15) is 0 Å². The molecule has 1 unspecified atom stereocenters. The van der Waals surface area contributed by atoms with Gasteiger partial charge in [-0.25, -0.2) is 8.42 Å². The third-order valence-corrected chi connectivity index (χ3v) is 5.25. The van der Waals surface area contributed by atoms with Gasteiger partial charge >= 0.3 is 0 Å². The fourth-order valence-electron chi connectivity index (χ4n) is 2.38. The summed E-state index contributed by atoms with van der Waals surface area (Å²) in [5.74, 6) is 1.17. The summed E-state index contributed by atoms with van der Waals surface area (Å²) >= 11 is 0. The molecule has 106 valence electrons. The van der Waals surface area contributed by atoms with E-state index in [1.54, 1.807) is 24.3 Å². The molecule has 1 aliphatic heterocycles. The van der Waals surface area contributed by atoms with Crippen LogP contribution in [0.15, 0.2) is 29.2 Å². The molecule has 0 amide bonds. The summed E-state index contributed by atoms with van der Waals surface area (Å²) in [6.07, 6.45) is 2.05. The van der Waals surface area contributed by atoms with Crippen LogP contribution in [0.25, 0.3) is 0 Å². The van der Waals surface area contributed by atoms with Crippen molar-refractivity contribution < 1.29 is 13.2 Å². The Morgan fingerprint density at radius 1 is 1.32 bits per heavy atom. The maximum atomic E-state index is 12.3. The number of hydrogen-bond acceptors (Lipinski definition) is 4. The summed E-state index contributed by atoms with van der Waals surface area (Å²) in [5, 5.41) is 3.25. The van der Waals surface area contributed by atoms with E-state index in [2.05, 4.69) is 5.32 Å². The average Bonchev–Trinajstić information content (AvgIpc) is 2.40. The summed E-state index contributed by atoms with van der Waals surface area (Å²) in [6.45, 7) is 4.29. The quantitative estimate of drug-likeness (QED) is 0.896. The topological polar surface area (TPSA) is 55.4 Å². The van der Waals surface area contributed by atoms with Crippen LogP contribution in [0.2, 0.25) is 0 Å². The molecule has 2 rings (SSSR count). The lowest BCUT2D eigenvalue weighted by Crippen LogP contribution is -2.33. The molecule has 5 heteroatoms. The van der Waals surface area contributed by atoms with Gasteiger partial charge in [-0.05, 0) is 63.0 Å². The first-order valence-electron chi connectivity index (χ1n) is 6.78. The number of nitrogens with one attached hydrogen (secondary N) is 1. The highest BCUT2D eigenvalue weighted by Crippen LogP contribution is 2.21. The number of sulfone groups is 1. The van der Waals surface area contributed by atoms with Crippen LogP contribution < -0.4 is 10.1 Å². The number of hydrogen-bond donors (Lipinski definition) is 1. The smallest absolute Gasteiger partial charge is 0.178 e. The van der Waals surface area contributed by atoms with E-state index in [0.717, 1.165) is 25.9 Å². The molecule has 0 radical (unpaired) electrons. The fourth-order valence-corrected chi connectivity index (χ4v) is 4.03. The van der Waals surface area contributed by atoms with E-state index in [1.165, 1.54) is 0 Å². The fraction of sp³-hybridized carbons (Fsp3) is 0.571. The maximum absolute atomic E-state index is 12.3. The van der Waals surface area contributed by atoms with Crippen LogP contribution in [0.5, 0.6) is 5.75 Å². The molecule has 0 spiro atoms. The van der Waals surface area contributed by atoms with E-state index in [1.807, 2.05) is 6.92 Å². The summed E-state index contributed by atoms with van der Waals surface area (Å²) < 4.78 is 29.9. The summed E-state index contributed by atoms with van der Waals surface area (Å²) in [4.78, 5) is 0.390. The van der Waals surface area contributed by atoms with Gasteiger partial charge in [0, 0.05) is 0 Å². The first-order chi connectivity index (χ1) is 9.12. The van der Waals surface area contributed by atoms with Crippen molar-refractivity contribution in [3.8, 4) is 5.75 Å². The highest BCUT2D eigenvalue weighted by atomic mass is 32.2. The molecule has 1 saturated heterocycles. The van der Waals surface area contributed by atoms with Gasteiger partial charge in [-0.3, -0.25) is 0 Å². The molecular weight excluding hydrogens is 262 g/mol. The second kappa shape index (κ2) is 6.39. The molecule has 1 aromatic carbocycles. The zero-order chi connectivity index (χ0) is 13.7. The highest BCUT2D eigenvalue weighted by molar-refractivity contribution is 7.91. The Labute approximate surface area is 115 Å². The molecule has 1 atom stereocenters. The third-order valence-electron chi connectivity index (χ3n) is 3.35. The number of benzene rings is 1. The number of rotatable bonds is 5. The SMILES string of the molecule is CCOc1ccc(S(=O)(=O)CC2CCCNC2)cc1. The second-order valence-electron chi connectivity index (χ2n) is 4.90. The van der Waals surface area contributed by atoms with Crippen molar-refractivity contribution in [1.29, 1.82) is 0 Å².